The molecule has 1 unspecified atom stereocenters. The zero-order valence-corrected chi connectivity index (χ0v) is 15.8. The number of nitrogens with one attached hydrogen (secondary N) is 1. The molecule has 1 amide bonds. The van der Waals surface area contributed by atoms with E-state index >= 15 is 0 Å². The van der Waals surface area contributed by atoms with Gasteiger partial charge in [0.2, 0.25) is 0 Å². The smallest absolute Gasteiger partial charge is 0.266 e. The van der Waals surface area contributed by atoms with E-state index in [0.717, 1.165) is 11.3 Å². The number of carbonyl (C=O) groups is 2. The van der Waals surface area contributed by atoms with Crippen molar-refractivity contribution in [3.63, 3.8) is 0 Å². The number of carbonyl (C=O) groups excluding carboxylic acids is 2. The maximum absolute atomic E-state index is 12.8. The lowest BCUT2D eigenvalue weighted by atomic mass is 10.1. The number of anilines is 1. The maximum atomic E-state index is 12.8. The van der Waals surface area contributed by atoms with E-state index in [9.17, 15) is 14.4 Å². The highest BCUT2D eigenvalue weighted by atomic mass is 32.1. The number of amides is 1. The van der Waals surface area contributed by atoms with Gasteiger partial charge in [0.05, 0.1) is 22.6 Å². The first-order valence-corrected chi connectivity index (χ1v) is 9.00. The first-order valence-electron chi connectivity index (χ1n) is 8.19. The molecule has 0 aliphatic heterocycles. The quantitative estimate of drug-likeness (QED) is 0.763. The lowest BCUT2D eigenvalue weighted by molar-refractivity contribution is -0.119. The standard InChI is InChI=1S/C19H19N3O3S/c1-10-7-5-6-8-14(10)21-17(24)16-11(2)15-18(26-16)20-9-22(19(15)25)12(3)13(4)23/h5-9,12H,1-4H3,(H,21,24). The van der Waals surface area contributed by atoms with Gasteiger partial charge in [0.1, 0.15) is 4.83 Å². The van der Waals surface area contributed by atoms with Crippen LogP contribution < -0.4 is 10.9 Å². The Kier molecular flexibility index (Phi) is 4.73. The van der Waals surface area contributed by atoms with Crippen LogP contribution >= 0.6 is 11.3 Å². The third-order valence-corrected chi connectivity index (χ3v) is 5.68. The van der Waals surface area contributed by atoms with Crippen LogP contribution in [0.2, 0.25) is 0 Å². The summed E-state index contributed by atoms with van der Waals surface area (Å²) in [7, 11) is 0. The second-order valence-electron chi connectivity index (χ2n) is 6.25. The third-order valence-electron chi connectivity index (χ3n) is 4.48. The van der Waals surface area contributed by atoms with Crippen LogP contribution in [0, 0.1) is 13.8 Å². The first-order chi connectivity index (χ1) is 12.3. The molecular formula is C19H19N3O3S. The molecular weight excluding hydrogens is 350 g/mol. The number of rotatable bonds is 4. The highest BCUT2D eigenvalue weighted by Gasteiger charge is 2.22. The van der Waals surface area contributed by atoms with Gasteiger partial charge in [-0.25, -0.2) is 4.98 Å². The summed E-state index contributed by atoms with van der Waals surface area (Å²) in [5.74, 6) is -0.399. The number of fused-ring (bicyclic) bond motifs is 1. The average Bonchev–Trinajstić information content (AvgIpc) is 2.94. The van der Waals surface area contributed by atoms with Crippen molar-refractivity contribution in [3.8, 4) is 0 Å². The first kappa shape index (κ1) is 18.0. The predicted octanol–water partition coefficient (Wildman–Crippen LogP) is 3.48. The monoisotopic (exact) mass is 369 g/mol. The number of benzene rings is 1. The molecule has 6 nitrogen and oxygen atoms in total. The molecule has 26 heavy (non-hydrogen) atoms. The number of nitrogens with zero attached hydrogens (tertiary/aromatic N) is 2. The fourth-order valence-corrected chi connectivity index (χ4v) is 3.75. The zero-order valence-electron chi connectivity index (χ0n) is 15.0. The summed E-state index contributed by atoms with van der Waals surface area (Å²) >= 11 is 1.18. The van der Waals surface area contributed by atoms with Crippen molar-refractivity contribution in [1.82, 2.24) is 9.55 Å². The van der Waals surface area contributed by atoms with Crippen molar-refractivity contribution < 1.29 is 9.59 Å². The van der Waals surface area contributed by atoms with Crippen LogP contribution in [0.25, 0.3) is 10.2 Å². The van der Waals surface area contributed by atoms with Crippen LogP contribution in [0.4, 0.5) is 5.69 Å². The van der Waals surface area contributed by atoms with Crippen molar-refractivity contribution in [2.45, 2.75) is 33.7 Å². The van der Waals surface area contributed by atoms with Crippen molar-refractivity contribution in [3.05, 3.63) is 57.0 Å². The van der Waals surface area contributed by atoms with Crippen LogP contribution in [0.3, 0.4) is 0 Å². The molecule has 0 aliphatic rings. The molecule has 0 saturated carbocycles. The Balaban J connectivity index is 2.06. The van der Waals surface area contributed by atoms with Gasteiger partial charge < -0.3 is 5.32 Å². The predicted molar refractivity (Wildman–Crippen MR) is 103 cm³/mol. The number of para-hydroxylation sites is 1. The van der Waals surface area contributed by atoms with Gasteiger partial charge in [0, 0.05) is 5.69 Å². The molecule has 7 heteroatoms. The van der Waals surface area contributed by atoms with Gasteiger partial charge >= 0.3 is 0 Å². The molecule has 1 aromatic carbocycles. The number of hydrogen-bond acceptors (Lipinski definition) is 5. The molecule has 1 atom stereocenters. The Hall–Kier alpha value is -2.80. The highest BCUT2D eigenvalue weighted by Crippen LogP contribution is 2.28. The summed E-state index contributed by atoms with van der Waals surface area (Å²) in [6, 6.07) is 6.90. The van der Waals surface area contributed by atoms with Gasteiger partial charge in [-0.15, -0.1) is 11.3 Å². The van der Waals surface area contributed by atoms with E-state index in [2.05, 4.69) is 10.3 Å². The molecule has 0 fully saturated rings. The molecule has 1 N–H and O–H groups in total. The van der Waals surface area contributed by atoms with Crippen LogP contribution in [-0.2, 0) is 4.79 Å². The minimum absolute atomic E-state index is 0.126. The molecule has 3 aromatic rings. The van der Waals surface area contributed by atoms with E-state index in [-0.39, 0.29) is 17.2 Å². The van der Waals surface area contributed by atoms with E-state index in [4.69, 9.17) is 0 Å². The van der Waals surface area contributed by atoms with Crippen molar-refractivity contribution in [2.24, 2.45) is 0 Å². The SMILES string of the molecule is CC(=O)C(C)n1cnc2sc(C(=O)Nc3ccccc3C)c(C)c2c1=O. The van der Waals surface area contributed by atoms with Gasteiger partial charge in [-0.2, -0.15) is 0 Å². The molecule has 3 rings (SSSR count). The highest BCUT2D eigenvalue weighted by molar-refractivity contribution is 7.20. The molecule has 0 bridgehead atoms. The largest absolute Gasteiger partial charge is 0.321 e. The van der Waals surface area contributed by atoms with E-state index in [1.165, 1.54) is 29.2 Å². The number of Topliss-reactive ketones (excluding diaryl/α,β-unsaturated/α-hetero) is 1. The normalized spacial score (nSPS) is 12.2. The van der Waals surface area contributed by atoms with Gasteiger partial charge in [0.25, 0.3) is 11.5 Å². The van der Waals surface area contributed by atoms with Crippen LogP contribution in [0.5, 0.6) is 0 Å². The number of hydrogen-bond donors (Lipinski definition) is 1. The molecule has 0 saturated heterocycles. The lowest BCUT2D eigenvalue weighted by Gasteiger charge is -2.10. The zero-order chi connectivity index (χ0) is 19.0. The minimum atomic E-state index is -0.594. The van der Waals surface area contributed by atoms with Gasteiger partial charge in [-0.05, 0) is 44.9 Å². The number of thiophene rings is 1. The van der Waals surface area contributed by atoms with Crippen molar-refractivity contribution >= 4 is 38.9 Å². The van der Waals surface area contributed by atoms with Gasteiger partial charge in [-0.3, -0.25) is 19.0 Å². The van der Waals surface area contributed by atoms with E-state index in [0.29, 0.717) is 20.7 Å². The second-order valence-corrected chi connectivity index (χ2v) is 7.25. The molecule has 2 heterocycles. The van der Waals surface area contributed by atoms with Gasteiger partial charge in [0.15, 0.2) is 5.78 Å². The van der Waals surface area contributed by atoms with Crippen LogP contribution in [-0.4, -0.2) is 21.2 Å². The summed E-state index contributed by atoms with van der Waals surface area (Å²) < 4.78 is 1.31. The molecule has 0 spiro atoms. The lowest BCUT2D eigenvalue weighted by Crippen LogP contribution is -2.27. The van der Waals surface area contributed by atoms with E-state index < -0.39 is 6.04 Å². The van der Waals surface area contributed by atoms with E-state index in [1.54, 1.807) is 13.8 Å². The number of ketones is 1. The number of aromatic nitrogens is 2. The topological polar surface area (TPSA) is 81.1 Å². The summed E-state index contributed by atoms with van der Waals surface area (Å²) in [6.45, 7) is 6.74. The molecule has 134 valence electrons. The summed E-state index contributed by atoms with van der Waals surface area (Å²) in [5.41, 5.74) is 1.96. The van der Waals surface area contributed by atoms with Crippen LogP contribution in [0.1, 0.15) is 40.7 Å². The molecule has 0 aliphatic carbocycles. The third kappa shape index (κ3) is 3.06. The average molecular weight is 369 g/mol. The van der Waals surface area contributed by atoms with E-state index in [1.807, 2.05) is 31.2 Å². The molecule has 2 aromatic heterocycles. The fourth-order valence-electron chi connectivity index (χ4n) is 2.72. The van der Waals surface area contributed by atoms with Crippen LogP contribution in [0.15, 0.2) is 35.4 Å². The number of aryl methyl sites for hydroxylation is 2. The van der Waals surface area contributed by atoms with Crippen molar-refractivity contribution in [2.75, 3.05) is 5.32 Å². The Morgan fingerprint density at radius 2 is 1.92 bits per heavy atom. The Labute approximate surface area is 154 Å². The van der Waals surface area contributed by atoms with Gasteiger partial charge in [-0.1, -0.05) is 18.2 Å². The summed E-state index contributed by atoms with van der Waals surface area (Å²) in [6.07, 6.45) is 1.37. The minimum Gasteiger partial charge on any atom is -0.321 e. The second kappa shape index (κ2) is 6.84. The summed E-state index contributed by atoms with van der Waals surface area (Å²) in [4.78, 5) is 42.3. The molecule has 0 radical (unpaired) electrons. The Bertz CT molecular complexity index is 1080. The Morgan fingerprint density at radius 3 is 2.58 bits per heavy atom. The Morgan fingerprint density at radius 1 is 1.23 bits per heavy atom. The summed E-state index contributed by atoms with van der Waals surface area (Å²) in [5, 5.41) is 3.27. The fraction of sp³-hybridized carbons (Fsp3) is 0.263. The van der Waals surface area contributed by atoms with Crippen molar-refractivity contribution in [1.29, 1.82) is 0 Å². The maximum Gasteiger partial charge on any atom is 0.266 e.